The molecule has 1 heterocycles. The molecule has 0 unspecified atom stereocenters. The molecule has 2 aliphatic rings. The summed E-state index contributed by atoms with van der Waals surface area (Å²) in [7, 11) is -5.17. The third kappa shape index (κ3) is 4.73. The number of sulfonamides is 1. The molecule has 0 radical (unpaired) electrons. The van der Waals surface area contributed by atoms with Gasteiger partial charge >= 0.3 is 6.18 Å². The molecule has 1 aliphatic heterocycles. The normalized spacial score (nSPS) is 26.2. The summed E-state index contributed by atoms with van der Waals surface area (Å²) >= 11 is 0. The second-order valence-corrected chi connectivity index (χ2v) is 11.8. The molecule has 7 nitrogen and oxygen atoms in total. The van der Waals surface area contributed by atoms with E-state index < -0.39 is 60.4 Å². The zero-order valence-electron chi connectivity index (χ0n) is 16.9. The summed E-state index contributed by atoms with van der Waals surface area (Å²) in [6.45, 7) is 0.162. The van der Waals surface area contributed by atoms with Gasteiger partial charge in [0.25, 0.3) is 0 Å². The SMILES string of the molecule is CN1C=C(S(=O)(=O)N[C@H]2CC[C@](F)(S(=O)(=O)c3cccc(C(F)(F)F)c3)CC2)CN1C. The Morgan fingerprint density at radius 1 is 1.10 bits per heavy atom. The topological polar surface area (TPSA) is 86.8 Å². The molecule has 1 aromatic rings. The van der Waals surface area contributed by atoms with Crippen LogP contribution in [0.3, 0.4) is 0 Å². The molecular formula is C18H23F4N3O4S2. The summed E-state index contributed by atoms with van der Waals surface area (Å²) in [4.78, 5) is -0.614. The minimum atomic E-state index is -4.76. The van der Waals surface area contributed by atoms with Gasteiger partial charge in [0.15, 0.2) is 0 Å². The number of likely N-dealkylation sites (N-methyl/N-ethyl adjacent to an activating group) is 1. The second kappa shape index (κ2) is 8.01. The highest BCUT2D eigenvalue weighted by Gasteiger charge is 2.48. The van der Waals surface area contributed by atoms with Crippen LogP contribution >= 0.6 is 0 Å². The van der Waals surface area contributed by atoms with Crippen molar-refractivity contribution in [1.82, 2.24) is 14.7 Å². The van der Waals surface area contributed by atoms with Crippen LogP contribution < -0.4 is 4.72 Å². The molecule has 0 atom stereocenters. The molecule has 0 saturated heterocycles. The molecule has 3 rings (SSSR count). The maximum absolute atomic E-state index is 15.4. The number of hydrogen-bond acceptors (Lipinski definition) is 6. The number of rotatable bonds is 5. The average Bonchev–Trinajstić information content (AvgIpc) is 3.02. The molecule has 1 fully saturated rings. The predicted octanol–water partition coefficient (Wildman–Crippen LogP) is 2.64. The van der Waals surface area contributed by atoms with Crippen LogP contribution in [-0.2, 0) is 26.0 Å². The molecule has 1 saturated carbocycles. The summed E-state index contributed by atoms with van der Waals surface area (Å²) in [6.07, 6.45) is -4.58. The Balaban J connectivity index is 1.73. The maximum atomic E-state index is 15.4. The van der Waals surface area contributed by atoms with Gasteiger partial charge in [0.2, 0.25) is 24.9 Å². The molecule has 0 amide bonds. The second-order valence-electron chi connectivity index (χ2n) is 7.79. The van der Waals surface area contributed by atoms with E-state index in [1.165, 1.54) is 6.20 Å². The van der Waals surface area contributed by atoms with Gasteiger partial charge in [0, 0.05) is 26.3 Å². The van der Waals surface area contributed by atoms with Crippen molar-refractivity contribution >= 4 is 19.9 Å². The van der Waals surface area contributed by atoms with Crippen molar-refractivity contribution in [3.8, 4) is 0 Å². The molecule has 0 spiro atoms. The molecule has 13 heteroatoms. The quantitative estimate of drug-likeness (QED) is 0.646. The zero-order valence-corrected chi connectivity index (χ0v) is 18.5. The summed E-state index contributed by atoms with van der Waals surface area (Å²) < 4.78 is 107. The van der Waals surface area contributed by atoms with Gasteiger partial charge in [-0.15, -0.1) is 0 Å². The van der Waals surface area contributed by atoms with Crippen molar-refractivity contribution in [1.29, 1.82) is 0 Å². The fourth-order valence-electron chi connectivity index (χ4n) is 3.62. The Bertz CT molecular complexity index is 1080. The first-order valence-electron chi connectivity index (χ1n) is 9.43. The van der Waals surface area contributed by atoms with Crippen LogP contribution in [0, 0.1) is 0 Å². The predicted molar refractivity (Wildman–Crippen MR) is 105 cm³/mol. The van der Waals surface area contributed by atoms with E-state index in [0.717, 1.165) is 12.1 Å². The highest BCUT2D eigenvalue weighted by Crippen LogP contribution is 2.41. The van der Waals surface area contributed by atoms with Crippen LogP contribution in [0.4, 0.5) is 17.6 Å². The molecule has 1 N–H and O–H groups in total. The Morgan fingerprint density at radius 2 is 1.71 bits per heavy atom. The number of sulfone groups is 1. The highest BCUT2D eigenvalue weighted by atomic mass is 32.2. The number of hydrogen-bond donors (Lipinski definition) is 1. The van der Waals surface area contributed by atoms with E-state index in [2.05, 4.69) is 4.72 Å². The third-order valence-corrected chi connectivity index (χ3v) is 9.42. The maximum Gasteiger partial charge on any atom is 0.416 e. The van der Waals surface area contributed by atoms with Crippen molar-refractivity contribution < 1.29 is 34.4 Å². The average molecular weight is 486 g/mol. The summed E-state index contributed by atoms with van der Waals surface area (Å²) in [5, 5.41) is 0.500. The van der Waals surface area contributed by atoms with E-state index in [1.807, 2.05) is 0 Å². The monoisotopic (exact) mass is 485 g/mol. The van der Waals surface area contributed by atoms with Crippen molar-refractivity contribution in [3.63, 3.8) is 0 Å². The number of benzene rings is 1. The first-order chi connectivity index (χ1) is 14.2. The van der Waals surface area contributed by atoms with Crippen LogP contribution in [0.1, 0.15) is 31.2 Å². The first-order valence-corrected chi connectivity index (χ1v) is 12.4. The van der Waals surface area contributed by atoms with Crippen LogP contribution in [0.2, 0.25) is 0 Å². The smallest absolute Gasteiger partial charge is 0.315 e. The largest absolute Gasteiger partial charge is 0.416 e. The van der Waals surface area contributed by atoms with E-state index in [4.69, 9.17) is 0 Å². The number of halogens is 4. The molecule has 0 bridgehead atoms. The Kier molecular flexibility index (Phi) is 6.19. The lowest BCUT2D eigenvalue weighted by molar-refractivity contribution is -0.137. The lowest BCUT2D eigenvalue weighted by Gasteiger charge is -2.33. The van der Waals surface area contributed by atoms with E-state index in [1.54, 1.807) is 24.1 Å². The Morgan fingerprint density at radius 3 is 2.23 bits per heavy atom. The van der Waals surface area contributed by atoms with Crippen molar-refractivity contribution in [3.05, 3.63) is 40.9 Å². The van der Waals surface area contributed by atoms with Crippen molar-refractivity contribution in [2.24, 2.45) is 0 Å². The van der Waals surface area contributed by atoms with Gasteiger partial charge in [0.05, 0.1) is 21.9 Å². The van der Waals surface area contributed by atoms with Gasteiger partial charge in [-0.2, -0.15) is 13.2 Å². The minimum absolute atomic E-state index is 0.104. The zero-order chi connectivity index (χ0) is 23.2. The van der Waals surface area contributed by atoms with Gasteiger partial charge in [-0.25, -0.2) is 31.0 Å². The molecule has 1 aromatic carbocycles. The van der Waals surface area contributed by atoms with E-state index in [-0.39, 0.29) is 24.3 Å². The number of nitrogens with zero attached hydrogens (tertiary/aromatic N) is 2. The molecule has 31 heavy (non-hydrogen) atoms. The third-order valence-electron chi connectivity index (χ3n) is 5.61. The van der Waals surface area contributed by atoms with E-state index >= 15 is 4.39 Å². The fourth-order valence-corrected chi connectivity index (χ4v) is 6.83. The summed E-state index contributed by atoms with van der Waals surface area (Å²) in [6, 6.07) is 2.30. The molecule has 0 aromatic heterocycles. The number of hydrazine groups is 1. The standard InChI is InChI=1S/C18H23F4N3O4S2/c1-24-11-16(12-25(24)2)31(28,29)23-14-6-8-17(19,9-7-14)30(26,27)15-5-3-4-13(10-15)18(20,21)22/h3-5,10-11,14,23H,6-9,12H2,1-2H3/t14-,17-. The van der Waals surface area contributed by atoms with Crippen LogP contribution in [-0.4, -0.2) is 58.5 Å². The lowest BCUT2D eigenvalue weighted by atomic mass is 9.94. The van der Waals surface area contributed by atoms with E-state index in [9.17, 15) is 30.0 Å². The van der Waals surface area contributed by atoms with E-state index in [0.29, 0.717) is 12.1 Å². The fraction of sp³-hybridized carbons (Fsp3) is 0.556. The van der Waals surface area contributed by atoms with Crippen LogP contribution in [0.5, 0.6) is 0 Å². The molecule has 1 aliphatic carbocycles. The number of nitrogens with one attached hydrogen (secondary N) is 1. The number of alkyl halides is 4. The van der Waals surface area contributed by atoms with Gasteiger partial charge in [-0.05, 0) is 43.9 Å². The summed E-state index contributed by atoms with van der Waals surface area (Å²) in [5.41, 5.74) is -1.18. The van der Waals surface area contributed by atoms with Crippen molar-refractivity contribution in [2.45, 2.75) is 47.8 Å². The van der Waals surface area contributed by atoms with Crippen molar-refractivity contribution in [2.75, 3.05) is 20.6 Å². The Hall–Kier alpha value is -1.70. The van der Waals surface area contributed by atoms with Crippen LogP contribution in [0.25, 0.3) is 0 Å². The highest BCUT2D eigenvalue weighted by molar-refractivity contribution is 7.93. The van der Waals surface area contributed by atoms with Gasteiger partial charge < -0.3 is 5.01 Å². The van der Waals surface area contributed by atoms with Crippen LogP contribution in [0.15, 0.2) is 40.3 Å². The molecule has 174 valence electrons. The Labute approximate surface area is 178 Å². The van der Waals surface area contributed by atoms with Gasteiger partial charge in [0.1, 0.15) is 0 Å². The molecular weight excluding hydrogens is 462 g/mol. The van der Waals surface area contributed by atoms with Gasteiger partial charge in [-0.1, -0.05) is 6.07 Å². The van der Waals surface area contributed by atoms with Gasteiger partial charge in [-0.3, -0.25) is 0 Å². The minimum Gasteiger partial charge on any atom is -0.315 e. The lowest BCUT2D eigenvalue weighted by Crippen LogP contribution is -2.45. The first kappa shape index (κ1) is 24.0. The summed E-state index contributed by atoms with van der Waals surface area (Å²) in [5.74, 6) is 0.